The summed E-state index contributed by atoms with van der Waals surface area (Å²) in [5.74, 6) is 1.86. The van der Waals surface area contributed by atoms with Crippen molar-refractivity contribution < 1.29 is 14.3 Å². The van der Waals surface area contributed by atoms with Gasteiger partial charge in [0.1, 0.15) is 18.1 Å². The number of carbonyl (C=O) groups excluding carboxylic acids is 1. The highest BCUT2D eigenvalue weighted by Crippen LogP contribution is 2.31. The van der Waals surface area contributed by atoms with Crippen molar-refractivity contribution in [2.75, 3.05) is 20.3 Å². The zero-order valence-corrected chi connectivity index (χ0v) is 14.2. The minimum atomic E-state index is 0.0292. The number of hydrogen-bond acceptors (Lipinski definition) is 3. The molecule has 126 valence electrons. The number of fused-ring (bicyclic) bond motifs is 1. The maximum Gasteiger partial charge on any atom is 0.223 e. The molecule has 1 atom stereocenters. The Bertz CT molecular complexity index is 714. The second-order valence-electron chi connectivity index (χ2n) is 6.00. The Balaban J connectivity index is 1.68. The van der Waals surface area contributed by atoms with E-state index in [-0.39, 0.29) is 11.9 Å². The fourth-order valence-corrected chi connectivity index (χ4v) is 3.14. The molecular formula is C20H23NO3. The number of nitrogens with zero attached hydrogens (tertiary/aromatic N) is 1. The van der Waals surface area contributed by atoms with Crippen LogP contribution in [0.25, 0.3) is 0 Å². The molecule has 4 heteroatoms. The molecule has 4 nitrogen and oxygen atoms in total. The minimum Gasteiger partial charge on any atom is -0.497 e. The van der Waals surface area contributed by atoms with Crippen LogP contribution in [-0.2, 0) is 11.2 Å². The van der Waals surface area contributed by atoms with Gasteiger partial charge in [0, 0.05) is 12.0 Å². The van der Waals surface area contributed by atoms with Crippen LogP contribution in [-0.4, -0.2) is 31.1 Å². The molecule has 0 saturated heterocycles. The van der Waals surface area contributed by atoms with Crippen molar-refractivity contribution in [3.63, 3.8) is 0 Å². The lowest BCUT2D eigenvalue weighted by Gasteiger charge is -2.27. The summed E-state index contributed by atoms with van der Waals surface area (Å²) in [6.45, 7) is 3.22. The maximum atomic E-state index is 12.7. The van der Waals surface area contributed by atoms with E-state index in [9.17, 15) is 4.79 Å². The molecule has 0 aromatic heterocycles. The van der Waals surface area contributed by atoms with Crippen LogP contribution in [0.15, 0.2) is 48.5 Å². The summed E-state index contributed by atoms with van der Waals surface area (Å²) in [7, 11) is 1.65. The van der Waals surface area contributed by atoms with Gasteiger partial charge in [0.15, 0.2) is 0 Å². The smallest absolute Gasteiger partial charge is 0.223 e. The first kappa shape index (κ1) is 16.4. The number of benzene rings is 2. The Labute approximate surface area is 143 Å². The molecule has 1 amide bonds. The quantitative estimate of drug-likeness (QED) is 0.862. The van der Waals surface area contributed by atoms with Crippen LogP contribution in [0.5, 0.6) is 11.5 Å². The number of hydrogen-bond donors (Lipinski definition) is 0. The molecule has 2 aromatic carbocycles. The molecule has 3 rings (SSSR count). The van der Waals surface area contributed by atoms with Crippen LogP contribution in [0.2, 0.25) is 0 Å². The van der Waals surface area contributed by atoms with Gasteiger partial charge < -0.3 is 14.4 Å². The average molecular weight is 325 g/mol. The Morgan fingerprint density at radius 2 is 2.08 bits per heavy atom. The van der Waals surface area contributed by atoms with E-state index in [0.717, 1.165) is 22.6 Å². The molecule has 2 aromatic rings. The van der Waals surface area contributed by atoms with Crippen LogP contribution in [0.3, 0.4) is 0 Å². The van der Waals surface area contributed by atoms with Gasteiger partial charge in [-0.2, -0.15) is 0 Å². The molecule has 0 N–H and O–H groups in total. The summed E-state index contributed by atoms with van der Waals surface area (Å²) in [6, 6.07) is 15.9. The summed E-state index contributed by atoms with van der Waals surface area (Å²) in [5, 5.41) is 0. The molecular weight excluding hydrogens is 302 g/mol. The van der Waals surface area contributed by atoms with Gasteiger partial charge in [0.25, 0.3) is 0 Å². The predicted molar refractivity (Wildman–Crippen MR) is 93.4 cm³/mol. The first-order valence-corrected chi connectivity index (χ1v) is 8.33. The first-order chi connectivity index (χ1) is 11.7. The third-order valence-electron chi connectivity index (χ3n) is 4.51. The van der Waals surface area contributed by atoms with Crippen molar-refractivity contribution in [3.8, 4) is 11.5 Å². The van der Waals surface area contributed by atoms with Gasteiger partial charge in [0.05, 0.1) is 19.7 Å². The number of para-hydroxylation sites is 1. The Morgan fingerprint density at radius 3 is 2.92 bits per heavy atom. The normalized spacial score (nSPS) is 16.8. The van der Waals surface area contributed by atoms with Gasteiger partial charge in [-0.15, -0.1) is 0 Å². The van der Waals surface area contributed by atoms with Crippen molar-refractivity contribution >= 4 is 5.91 Å². The Morgan fingerprint density at radius 1 is 1.25 bits per heavy atom. The van der Waals surface area contributed by atoms with E-state index in [1.54, 1.807) is 7.11 Å². The van der Waals surface area contributed by atoms with Gasteiger partial charge in [-0.3, -0.25) is 4.79 Å². The summed E-state index contributed by atoms with van der Waals surface area (Å²) in [6.07, 6.45) is 1.20. The van der Waals surface area contributed by atoms with Crippen LogP contribution in [0.1, 0.15) is 30.5 Å². The Kier molecular flexibility index (Phi) is 5.04. The second kappa shape index (κ2) is 7.39. The van der Waals surface area contributed by atoms with Crippen molar-refractivity contribution in [2.24, 2.45) is 0 Å². The van der Waals surface area contributed by atoms with Crippen molar-refractivity contribution in [1.29, 1.82) is 0 Å². The average Bonchev–Trinajstić information content (AvgIpc) is 2.79. The van der Waals surface area contributed by atoms with Gasteiger partial charge >= 0.3 is 0 Å². The number of amides is 1. The fourth-order valence-electron chi connectivity index (χ4n) is 3.14. The second-order valence-corrected chi connectivity index (χ2v) is 6.00. The fraction of sp³-hybridized carbons (Fsp3) is 0.350. The van der Waals surface area contributed by atoms with E-state index in [1.807, 2.05) is 53.4 Å². The molecule has 0 fully saturated rings. The number of ether oxygens (including phenoxy) is 2. The van der Waals surface area contributed by atoms with E-state index in [4.69, 9.17) is 9.47 Å². The maximum absolute atomic E-state index is 12.7. The van der Waals surface area contributed by atoms with Gasteiger partial charge in [-0.25, -0.2) is 0 Å². The van der Waals surface area contributed by atoms with Gasteiger partial charge in [-0.1, -0.05) is 30.3 Å². The largest absolute Gasteiger partial charge is 0.497 e. The number of aryl methyl sites for hydroxylation is 1. The molecule has 1 aliphatic rings. The molecule has 1 unspecified atom stereocenters. The summed E-state index contributed by atoms with van der Waals surface area (Å²) in [5.41, 5.74) is 2.19. The van der Waals surface area contributed by atoms with E-state index in [1.165, 1.54) is 0 Å². The molecule has 0 radical (unpaired) electrons. The van der Waals surface area contributed by atoms with Crippen LogP contribution < -0.4 is 9.47 Å². The third kappa shape index (κ3) is 3.53. The third-order valence-corrected chi connectivity index (χ3v) is 4.51. The summed E-state index contributed by atoms with van der Waals surface area (Å²) in [4.78, 5) is 14.7. The van der Waals surface area contributed by atoms with Crippen LogP contribution in [0, 0.1) is 0 Å². The first-order valence-electron chi connectivity index (χ1n) is 8.33. The molecule has 0 saturated carbocycles. The van der Waals surface area contributed by atoms with E-state index in [2.05, 4.69) is 6.92 Å². The molecule has 1 heterocycles. The van der Waals surface area contributed by atoms with Crippen LogP contribution >= 0.6 is 0 Å². The summed E-state index contributed by atoms with van der Waals surface area (Å²) >= 11 is 0. The molecule has 1 aliphatic heterocycles. The molecule has 0 spiro atoms. The lowest BCUT2D eigenvalue weighted by atomic mass is 10.0. The van der Waals surface area contributed by atoms with Crippen molar-refractivity contribution in [3.05, 3.63) is 59.7 Å². The van der Waals surface area contributed by atoms with E-state index >= 15 is 0 Å². The van der Waals surface area contributed by atoms with E-state index < -0.39 is 0 Å². The SMILES string of the molecule is COc1cccc(CCC(=O)N2CCOc3ccccc3C2C)c1. The standard InChI is InChI=1S/C20H23NO3/c1-15-18-8-3-4-9-19(18)24-13-12-21(15)20(22)11-10-16-6-5-7-17(14-16)23-2/h3-9,14-15H,10-13H2,1-2H3. The highest BCUT2D eigenvalue weighted by atomic mass is 16.5. The summed E-state index contributed by atoms with van der Waals surface area (Å²) < 4.78 is 11.0. The molecule has 0 bridgehead atoms. The highest BCUT2D eigenvalue weighted by Gasteiger charge is 2.26. The van der Waals surface area contributed by atoms with Crippen LogP contribution in [0.4, 0.5) is 0 Å². The van der Waals surface area contributed by atoms with E-state index in [0.29, 0.717) is 26.0 Å². The monoisotopic (exact) mass is 325 g/mol. The number of carbonyl (C=O) groups is 1. The zero-order chi connectivity index (χ0) is 16.9. The Hall–Kier alpha value is -2.49. The van der Waals surface area contributed by atoms with Gasteiger partial charge in [0.2, 0.25) is 5.91 Å². The van der Waals surface area contributed by atoms with Crippen molar-refractivity contribution in [2.45, 2.75) is 25.8 Å². The minimum absolute atomic E-state index is 0.0292. The topological polar surface area (TPSA) is 38.8 Å². The molecule has 24 heavy (non-hydrogen) atoms. The lowest BCUT2D eigenvalue weighted by Crippen LogP contribution is -2.35. The van der Waals surface area contributed by atoms with Gasteiger partial charge in [-0.05, 0) is 37.1 Å². The molecule has 0 aliphatic carbocycles. The highest BCUT2D eigenvalue weighted by molar-refractivity contribution is 5.77. The zero-order valence-electron chi connectivity index (χ0n) is 14.2. The lowest BCUT2D eigenvalue weighted by molar-refractivity contribution is -0.133. The number of rotatable bonds is 4. The number of methoxy groups -OCH3 is 1. The predicted octanol–water partition coefficient (Wildman–Crippen LogP) is 3.61. The van der Waals surface area contributed by atoms with Crippen molar-refractivity contribution in [1.82, 2.24) is 4.90 Å².